The van der Waals surface area contributed by atoms with Gasteiger partial charge in [-0.3, -0.25) is 0 Å². The first-order valence-corrected chi connectivity index (χ1v) is 6.19. The smallest absolute Gasteiger partial charge is 0.229 e. The zero-order valence-electron chi connectivity index (χ0n) is 9.25. The van der Waals surface area contributed by atoms with Crippen LogP contribution in [0, 0.1) is 11.3 Å². The van der Waals surface area contributed by atoms with E-state index in [0.717, 1.165) is 39.5 Å². The van der Waals surface area contributed by atoms with E-state index in [-0.39, 0.29) is 0 Å². The number of fused-ring (bicyclic) bond motifs is 1. The molecule has 86 valence electrons. The first-order chi connectivity index (χ1) is 8.26. The van der Waals surface area contributed by atoms with Crippen LogP contribution in [0.4, 0.5) is 0 Å². The average molecular weight is 292 g/mol. The number of hydrogen-bond donors (Lipinski definition) is 1. The quantitative estimate of drug-likeness (QED) is 0.925. The molecule has 2 aromatic rings. The van der Waals surface area contributed by atoms with E-state index in [2.05, 4.69) is 32.0 Å². The van der Waals surface area contributed by atoms with E-state index >= 15 is 0 Å². The highest BCUT2D eigenvalue weighted by Crippen LogP contribution is 2.44. The fraction of sp³-hybridized carbons (Fsp3) is 0.333. The molecule has 1 fully saturated rings. The normalized spacial score (nSPS) is 14.9. The molecule has 4 nitrogen and oxygen atoms in total. The molecular weight excluding hydrogens is 282 g/mol. The summed E-state index contributed by atoms with van der Waals surface area (Å²) in [5.74, 6) is 1.04. The van der Waals surface area contributed by atoms with Gasteiger partial charge in [-0.05, 0) is 28.8 Å². The number of pyridine rings is 1. The van der Waals surface area contributed by atoms with Gasteiger partial charge in [-0.2, -0.15) is 5.26 Å². The van der Waals surface area contributed by atoms with Gasteiger partial charge in [-0.25, -0.2) is 4.98 Å². The van der Waals surface area contributed by atoms with E-state index in [0.29, 0.717) is 11.8 Å². The van der Waals surface area contributed by atoms with E-state index in [9.17, 15) is 5.26 Å². The first-order valence-electron chi connectivity index (χ1n) is 5.40. The molecule has 5 heteroatoms. The molecule has 0 spiro atoms. The molecule has 0 amide bonds. The molecule has 0 atom stereocenters. The van der Waals surface area contributed by atoms with Crippen molar-refractivity contribution in [1.29, 1.82) is 5.26 Å². The van der Waals surface area contributed by atoms with Gasteiger partial charge in [-0.1, -0.05) is 0 Å². The number of nitrogens with zero attached hydrogens (tertiary/aromatic N) is 2. The van der Waals surface area contributed by atoms with Crippen molar-refractivity contribution < 1.29 is 4.74 Å². The molecule has 3 rings (SSSR count). The van der Waals surface area contributed by atoms with Crippen LogP contribution in [0.25, 0.3) is 10.9 Å². The molecule has 2 aromatic heterocycles. The van der Waals surface area contributed by atoms with E-state index in [1.165, 1.54) is 0 Å². The van der Waals surface area contributed by atoms with Crippen molar-refractivity contribution in [3.8, 4) is 11.9 Å². The van der Waals surface area contributed by atoms with Crippen LogP contribution in [-0.4, -0.2) is 17.1 Å². The number of H-pyrrole nitrogens is 1. The summed E-state index contributed by atoms with van der Waals surface area (Å²) in [7, 11) is 1.58. The Balaban J connectivity index is 2.32. The highest BCUT2D eigenvalue weighted by atomic mass is 79.9. The molecule has 1 aliphatic carbocycles. The Kier molecular flexibility index (Phi) is 2.33. The zero-order chi connectivity index (χ0) is 12.0. The number of nitrogens with one attached hydrogen (secondary N) is 1. The van der Waals surface area contributed by atoms with Crippen LogP contribution < -0.4 is 4.74 Å². The van der Waals surface area contributed by atoms with Gasteiger partial charge in [0.05, 0.1) is 18.2 Å². The monoisotopic (exact) mass is 291 g/mol. The molecule has 0 aromatic carbocycles. The van der Waals surface area contributed by atoms with Crippen molar-refractivity contribution in [3.63, 3.8) is 0 Å². The second-order valence-corrected chi connectivity index (χ2v) is 4.96. The van der Waals surface area contributed by atoms with Crippen molar-refractivity contribution in [3.05, 3.63) is 21.9 Å². The molecular formula is C12H10BrN3O. The third kappa shape index (κ3) is 1.52. The minimum absolute atomic E-state index is 0.509. The second kappa shape index (κ2) is 3.74. The van der Waals surface area contributed by atoms with Crippen molar-refractivity contribution >= 4 is 26.8 Å². The van der Waals surface area contributed by atoms with Crippen LogP contribution in [0.3, 0.4) is 0 Å². The molecule has 0 bridgehead atoms. The van der Waals surface area contributed by atoms with Gasteiger partial charge in [0.15, 0.2) is 0 Å². The summed E-state index contributed by atoms with van der Waals surface area (Å²) in [6, 6.07) is 2.27. The van der Waals surface area contributed by atoms with E-state index < -0.39 is 0 Å². The van der Waals surface area contributed by atoms with Gasteiger partial charge in [0.2, 0.25) is 5.88 Å². The topological polar surface area (TPSA) is 61.7 Å². The molecule has 0 radical (unpaired) electrons. The van der Waals surface area contributed by atoms with E-state index in [1.807, 2.05) is 0 Å². The summed E-state index contributed by atoms with van der Waals surface area (Å²) in [6.07, 6.45) is 4.01. The first kappa shape index (κ1) is 10.6. The number of nitriles is 1. The Morgan fingerprint density at radius 3 is 2.94 bits per heavy atom. The largest absolute Gasteiger partial charge is 0.480 e. The number of rotatable bonds is 2. The van der Waals surface area contributed by atoms with Crippen molar-refractivity contribution in [2.75, 3.05) is 7.11 Å². The number of aromatic amines is 1. The lowest BCUT2D eigenvalue weighted by Gasteiger charge is -2.01. The Morgan fingerprint density at radius 2 is 2.35 bits per heavy atom. The molecule has 1 N–H and O–H groups in total. The van der Waals surface area contributed by atoms with Crippen LogP contribution >= 0.6 is 15.9 Å². The van der Waals surface area contributed by atoms with E-state index in [1.54, 1.807) is 13.3 Å². The summed E-state index contributed by atoms with van der Waals surface area (Å²) in [5.41, 5.74) is 2.66. The summed E-state index contributed by atoms with van der Waals surface area (Å²) < 4.78 is 5.93. The summed E-state index contributed by atoms with van der Waals surface area (Å²) in [4.78, 5) is 7.52. The van der Waals surface area contributed by atoms with Gasteiger partial charge in [-0.15, -0.1) is 0 Å². The Labute approximate surface area is 107 Å². The standard InChI is InChI=1S/C12H10BrN3O/c1-17-12-9(13)11-8(5-15-12)7(4-14)10(16-11)6-2-3-6/h5-6,16H,2-3H2,1H3. The predicted molar refractivity (Wildman–Crippen MR) is 67.0 cm³/mol. The Hall–Kier alpha value is -1.54. The number of ether oxygens (including phenoxy) is 1. The number of halogens is 1. The number of hydrogen-bond acceptors (Lipinski definition) is 3. The summed E-state index contributed by atoms with van der Waals surface area (Å²) in [6.45, 7) is 0. The average Bonchev–Trinajstić information content (AvgIpc) is 3.11. The minimum atomic E-state index is 0.509. The van der Waals surface area contributed by atoms with Crippen LogP contribution in [0.1, 0.15) is 30.0 Å². The zero-order valence-corrected chi connectivity index (χ0v) is 10.8. The minimum Gasteiger partial charge on any atom is -0.480 e. The molecule has 2 heterocycles. The summed E-state index contributed by atoms with van der Waals surface area (Å²) in [5, 5.41) is 10.1. The van der Waals surface area contributed by atoms with Crippen molar-refractivity contribution in [2.24, 2.45) is 0 Å². The Bertz CT molecular complexity index is 637. The third-order valence-electron chi connectivity index (χ3n) is 3.08. The highest BCUT2D eigenvalue weighted by Gasteiger charge is 2.30. The maximum atomic E-state index is 9.26. The van der Waals surface area contributed by atoms with Crippen molar-refractivity contribution in [2.45, 2.75) is 18.8 Å². The van der Waals surface area contributed by atoms with Crippen LogP contribution in [-0.2, 0) is 0 Å². The molecule has 0 saturated heterocycles. The maximum Gasteiger partial charge on any atom is 0.229 e. The summed E-state index contributed by atoms with van der Waals surface area (Å²) >= 11 is 3.46. The van der Waals surface area contributed by atoms with Gasteiger partial charge in [0, 0.05) is 23.2 Å². The fourth-order valence-corrected chi connectivity index (χ4v) is 2.64. The Morgan fingerprint density at radius 1 is 1.59 bits per heavy atom. The lowest BCUT2D eigenvalue weighted by atomic mass is 10.1. The van der Waals surface area contributed by atoms with Gasteiger partial charge >= 0.3 is 0 Å². The second-order valence-electron chi connectivity index (χ2n) is 4.17. The molecule has 0 unspecified atom stereocenters. The number of methoxy groups -OCH3 is 1. The lowest BCUT2D eigenvalue weighted by molar-refractivity contribution is 0.396. The molecule has 0 aliphatic heterocycles. The SMILES string of the molecule is COc1ncc2c(C#N)c(C3CC3)[nH]c2c1Br. The van der Waals surface area contributed by atoms with E-state index in [4.69, 9.17) is 4.74 Å². The molecule has 17 heavy (non-hydrogen) atoms. The lowest BCUT2D eigenvalue weighted by Crippen LogP contribution is -1.88. The molecule has 1 aliphatic rings. The van der Waals surface area contributed by atoms with Crippen molar-refractivity contribution in [1.82, 2.24) is 9.97 Å². The van der Waals surface area contributed by atoms with Gasteiger partial charge in [0.25, 0.3) is 0 Å². The fourth-order valence-electron chi connectivity index (χ4n) is 2.06. The number of aromatic nitrogens is 2. The molecule has 1 saturated carbocycles. The van der Waals surface area contributed by atoms with Crippen LogP contribution in [0.2, 0.25) is 0 Å². The van der Waals surface area contributed by atoms with Crippen LogP contribution in [0.5, 0.6) is 5.88 Å². The van der Waals surface area contributed by atoms with Gasteiger partial charge < -0.3 is 9.72 Å². The maximum absolute atomic E-state index is 9.26. The van der Waals surface area contributed by atoms with Gasteiger partial charge in [0.1, 0.15) is 10.5 Å². The highest BCUT2D eigenvalue weighted by molar-refractivity contribution is 9.10. The third-order valence-corrected chi connectivity index (χ3v) is 3.81. The predicted octanol–water partition coefficient (Wildman–Crippen LogP) is 3.08. The van der Waals surface area contributed by atoms with Crippen LogP contribution in [0.15, 0.2) is 10.7 Å².